The molecule has 1 aliphatic rings. The molecule has 1 aromatic heterocycles. The minimum Gasteiger partial charge on any atom is -0.375 e. The highest BCUT2D eigenvalue weighted by Crippen LogP contribution is 2.30. The van der Waals surface area contributed by atoms with Gasteiger partial charge >= 0.3 is 0 Å². The van der Waals surface area contributed by atoms with E-state index in [-0.39, 0.29) is 24.3 Å². The van der Waals surface area contributed by atoms with Crippen LogP contribution < -0.4 is 0 Å². The van der Waals surface area contributed by atoms with Crippen LogP contribution in [0.1, 0.15) is 5.56 Å². The first-order chi connectivity index (χ1) is 12.6. The van der Waals surface area contributed by atoms with Crippen molar-refractivity contribution < 1.29 is 14.3 Å². The van der Waals surface area contributed by atoms with E-state index in [0.717, 1.165) is 11.1 Å². The van der Waals surface area contributed by atoms with E-state index < -0.39 is 0 Å². The quantitative estimate of drug-likeness (QED) is 0.810. The summed E-state index contributed by atoms with van der Waals surface area (Å²) in [5.74, 6) is -0.213. The molecule has 1 aromatic carbocycles. The topological polar surface area (TPSA) is 49.9 Å². The molecule has 0 bridgehead atoms. The van der Waals surface area contributed by atoms with Crippen LogP contribution in [-0.2, 0) is 20.7 Å². The Morgan fingerprint density at radius 1 is 1.23 bits per heavy atom. The zero-order chi connectivity index (χ0) is 18.5. The van der Waals surface area contributed by atoms with Gasteiger partial charge in [0, 0.05) is 38.7 Å². The molecule has 2 heterocycles. The van der Waals surface area contributed by atoms with Gasteiger partial charge in [0.25, 0.3) is 0 Å². The van der Waals surface area contributed by atoms with Crippen molar-refractivity contribution in [3.63, 3.8) is 0 Å². The van der Waals surface area contributed by atoms with Gasteiger partial charge in [0.1, 0.15) is 6.61 Å². The molecule has 138 valence electrons. The number of ether oxygens (including phenoxy) is 1. The molecular weight excluding hydrogens is 348 g/mol. The molecule has 2 aromatic rings. The molecular formula is C20H24N2O3S. The summed E-state index contributed by atoms with van der Waals surface area (Å²) in [6.07, 6.45) is 0.619. The van der Waals surface area contributed by atoms with E-state index in [2.05, 4.69) is 23.6 Å². The summed E-state index contributed by atoms with van der Waals surface area (Å²) in [5, 5.41) is 2.06. The molecule has 1 fully saturated rings. The van der Waals surface area contributed by atoms with Crippen LogP contribution in [0.4, 0.5) is 0 Å². The van der Waals surface area contributed by atoms with Crippen LogP contribution in [0.5, 0.6) is 0 Å². The number of benzene rings is 1. The summed E-state index contributed by atoms with van der Waals surface area (Å²) in [7, 11) is 3.33. The Kier molecular flexibility index (Phi) is 6.06. The molecule has 0 aliphatic carbocycles. The largest absolute Gasteiger partial charge is 0.375 e. The Morgan fingerprint density at radius 3 is 2.77 bits per heavy atom. The van der Waals surface area contributed by atoms with Crippen molar-refractivity contribution in [3.8, 4) is 10.4 Å². The van der Waals surface area contributed by atoms with Gasteiger partial charge in [-0.05, 0) is 29.0 Å². The van der Waals surface area contributed by atoms with Gasteiger partial charge < -0.3 is 14.5 Å². The lowest BCUT2D eigenvalue weighted by Gasteiger charge is -2.23. The highest BCUT2D eigenvalue weighted by atomic mass is 32.1. The summed E-state index contributed by atoms with van der Waals surface area (Å²) in [6.45, 7) is 1.59. The number of thiophene rings is 1. The van der Waals surface area contributed by atoms with Crippen molar-refractivity contribution >= 4 is 23.2 Å². The number of hydrogen-bond donors (Lipinski definition) is 0. The van der Waals surface area contributed by atoms with Gasteiger partial charge in [0.05, 0.1) is 5.92 Å². The van der Waals surface area contributed by atoms with Gasteiger partial charge in [-0.2, -0.15) is 0 Å². The number of nitrogens with zero attached hydrogens (tertiary/aromatic N) is 2. The fourth-order valence-corrected chi connectivity index (χ4v) is 4.14. The maximum absolute atomic E-state index is 12.8. The average molecular weight is 372 g/mol. The maximum Gasteiger partial charge on any atom is 0.248 e. The van der Waals surface area contributed by atoms with Gasteiger partial charge in [-0.25, -0.2) is 0 Å². The van der Waals surface area contributed by atoms with Crippen LogP contribution in [0.3, 0.4) is 0 Å². The van der Waals surface area contributed by atoms with Gasteiger partial charge in [-0.3, -0.25) is 9.59 Å². The van der Waals surface area contributed by atoms with Gasteiger partial charge in [0.15, 0.2) is 0 Å². The number of methoxy groups -OCH3 is 1. The molecule has 0 N–H and O–H groups in total. The molecule has 26 heavy (non-hydrogen) atoms. The lowest BCUT2D eigenvalue weighted by atomic mass is 9.93. The lowest BCUT2D eigenvalue weighted by Crippen LogP contribution is -2.39. The lowest BCUT2D eigenvalue weighted by molar-refractivity contribution is -0.136. The Bertz CT molecular complexity index is 760. The molecule has 0 radical (unpaired) electrons. The number of rotatable bonds is 5. The van der Waals surface area contributed by atoms with Gasteiger partial charge in [0.2, 0.25) is 11.8 Å². The number of carbonyl (C=O) groups is 2. The Labute approximate surface area is 158 Å². The minimum atomic E-state index is -0.246. The third-order valence-electron chi connectivity index (χ3n) is 4.76. The van der Waals surface area contributed by atoms with E-state index in [0.29, 0.717) is 26.1 Å². The Balaban J connectivity index is 1.85. The highest BCUT2D eigenvalue weighted by molar-refractivity contribution is 7.13. The second-order valence-corrected chi connectivity index (χ2v) is 7.52. The van der Waals surface area contributed by atoms with E-state index in [9.17, 15) is 9.59 Å². The second-order valence-electron chi connectivity index (χ2n) is 6.57. The second kappa shape index (κ2) is 8.47. The van der Waals surface area contributed by atoms with E-state index in [1.807, 2.05) is 25.2 Å². The number of amides is 2. The van der Waals surface area contributed by atoms with E-state index >= 15 is 0 Å². The zero-order valence-electron chi connectivity index (χ0n) is 15.2. The van der Waals surface area contributed by atoms with E-state index in [1.165, 1.54) is 12.0 Å². The molecule has 6 heteroatoms. The van der Waals surface area contributed by atoms with Crippen LogP contribution in [0, 0.1) is 5.92 Å². The Hall–Kier alpha value is -2.18. The van der Waals surface area contributed by atoms with Crippen LogP contribution in [0.15, 0.2) is 41.8 Å². The number of carbonyl (C=O) groups excluding carboxylic acids is 2. The fraction of sp³-hybridized carbons (Fsp3) is 0.400. The van der Waals surface area contributed by atoms with E-state index in [1.54, 1.807) is 21.1 Å². The molecule has 0 saturated carbocycles. The van der Waals surface area contributed by atoms with Crippen molar-refractivity contribution in [2.24, 2.45) is 5.92 Å². The predicted molar refractivity (Wildman–Crippen MR) is 103 cm³/mol. The standard InChI is InChI=1S/C20H24N2O3S/c1-21-9-10-22(19(23)14-25-2)13-16(20(21)24)12-15-6-3-4-7-17(15)18-8-5-11-26-18/h3-8,11,16H,9-10,12-14H2,1-2H3/t16-/m1/s1. The molecule has 1 saturated heterocycles. The monoisotopic (exact) mass is 372 g/mol. The summed E-state index contributed by atoms with van der Waals surface area (Å²) in [4.78, 5) is 29.8. The summed E-state index contributed by atoms with van der Waals surface area (Å²) < 4.78 is 4.98. The Morgan fingerprint density at radius 2 is 2.04 bits per heavy atom. The third kappa shape index (κ3) is 4.14. The smallest absolute Gasteiger partial charge is 0.248 e. The SMILES string of the molecule is COCC(=O)N1CCN(C)C(=O)[C@H](Cc2ccccc2-c2cccs2)C1. The number of hydrogen-bond acceptors (Lipinski definition) is 4. The average Bonchev–Trinajstić information content (AvgIpc) is 3.14. The first kappa shape index (κ1) is 18.6. The highest BCUT2D eigenvalue weighted by Gasteiger charge is 2.31. The minimum absolute atomic E-state index is 0.0520. The van der Waals surface area contributed by atoms with Crippen molar-refractivity contribution in [1.29, 1.82) is 0 Å². The predicted octanol–water partition coefficient (Wildman–Crippen LogP) is 2.52. The molecule has 0 unspecified atom stereocenters. The maximum atomic E-state index is 12.8. The van der Waals surface area contributed by atoms with E-state index in [4.69, 9.17) is 4.74 Å². The number of likely N-dealkylation sites (N-methyl/N-ethyl adjacent to an activating group) is 1. The van der Waals surface area contributed by atoms with Crippen molar-refractivity contribution in [3.05, 3.63) is 47.3 Å². The molecule has 5 nitrogen and oxygen atoms in total. The molecule has 3 rings (SSSR count). The summed E-state index contributed by atoms with van der Waals surface area (Å²) >= 11 is 1.69. The summed E-state index contributed by atoms with van der Waals surface area (Å²) in [6, 6.07) is 12.3. The molecule has 1 atom stereocenters. The van der Waals surface area contributed by atoms with Crippen LogP contribution in [-0.4, -0.2) is 62.0 Å². The zero-order valence-corrected chi connectivity index (χ0v) is 16.0. The molecule has 2 amide bonds. The molecule has 0 spiro atoms. The normalized spacial score (nSPS) is 18.1. The van der Waals surface area contributed by atoms with Crippen LogP contribution in [0.2, 0.25) is 0 Å². The molecule has 1 aliphatic heterocycles. The van der Waals surface area contributed by atoms with Crippen molar-refractivity contribution in [2.75, 3.05) is 40.4 Å². The first-order valence-corrected chi connectivity index (χ1v) is 9.61. The van der Waals surface area contributed by atoms with Crippen molar-refractivity contribution in [1.82, 2.24) is 9.80 Å². The van der Waals surface area contributed by atoms with Crippen LogP contribution >= 0.6 is 11.3 Å². The summed E-state index contributed by atoms with van der Waals surface area (Å²) in [5.41, 5.74) is 2.31. The third-order valence-corrected chi connectivity index (χ3v) is 5.67. The van der Waals surface area contributed by atoms with Gasteiger partial charge in [-0.15, -0.1) is 11.3 Å². The van der Waals surface area contributed by atoms with Crippen LogP contribution in [0.25, 0.3) is 10.4 Å². The first-order valence-electron chi connectivity index (χ1n) is 8.73. The van der Waals surface area contributed by atoms with Gasteiger partial charge in [-0.1, -0.05) is 30.3 Å². The fourth-order valence-electron chi connectivity index (χ4n) is 3.36. The van der Waals surface area contributed by atoms with Crippen molar-refractivity contribution in [2.45, 2.75) is 6.42 Å².